The first kappa shape index (κ1) is 23.2. The molecular formula is C20H19ClF3N5O. The first-order valence-electron chi connectivity index (χ1n) is 8.65. The maximum Gasteiger partial charge on any atom is 0.417 e. The van der Waals surface area contributed by atoms with Crippen LogP contribution in [0, 0.1) is 18.4 Å². The molecule has 2 rings (SSSR count). The smallest absolute Gasteiger partial charge is 0.362 e. The number of hydrogen-bond donors (Lipinski definition) is 1. The van der Waals surface area contributed by atoms with Gasteiger partial charge in [0.1, 0.15) is 5.84 Å². The number of carbonyl (C=O) groups excluding carboxylic acids is 1. The second kappa shape index (κ2) is 9.15. The minimum absolute atomic E-state index is 0.292. The molecule has 2 aromatic rings. The second-order valence-electron chi connectivity index (χ2n) is 6.46. The minimum Gasteiger partial charge on any atom is -0.362 e. The number of nitriles is 1. The van der Waals surface area contributed by atoms with Gasteiger partial charge in [0.05, 0.1) is 21.8 Å². The Morgan fingerprint density at radius 2 is 1.90 bits per heavy atom. The van der Waals surface area contributed by atoms with Crippen molar-refractivity contribution in [2.45, 2.75) is 13.1 Å². The Balaban J connectivity index is 2.65. The number of aliphatic imine (C=N–C) groups is 1. The van der Waals surface area contributed by atoms with Crippen LogP contribution in [-0.2, 0) is 6.18 Å². The number of benzene rings is 2. The Kier molecular flexibility index (Phi) is 7.08. The lowest BCUT2D eigenvalue weighted by atomic mass is 10.0. The third-order valence-electron chi connectivity index (χ3n) is 4.25. The Morgan fingerprint density at radius 3 is 2.43 bits per heavy atom. The van der Waals surface area contributed by atoms with E-state index in [2.05, 4.69) is 10.4 Å². The molecule has 0 aliphatic carbocycles. The number of hydrogen-bond acceptors (Lipinski definition) is 4. The van der Waals surface area contributed by atoms with Gasteiger partial charge in [0.25, 0.3) is 5.91 Å². The molecule has 0 aromatic heterocycles. The third kappa shape index (κ3) is 4.72. The summed E-state index contributed by atoms with van der Waals surface area (Å²) in [6.07, 6.45) is -3.05. The molecule has 0 unspecified atom stereocenters. The van der Waals surface area contributed by atoms with Crippen molar-refractivity contribution in [3.63, 3.8) is 0 Å². The van der Waals surface area contributed by atoms with Crippen molar-refractivity contribution in [2.24, 2.45) is 4.99 Å². The predicted octanol–water partition coefficient (Wildman–Crippen LogP) is 4.24. The first-order chi connectivity index (χ1) is 14.0. The summed E-state index contributed by atoms with van der Waals surface area (Å²) >= 11 is 5.99. The van der Waals surface area contributed by atoms with Crippen molar-refractivity contribution >= 4 is 29.0 Å². The number of alkyl halides is 3. The highest BCUT2D eigenvalue weighted by molar-refractivity contribution is 6.34. The molecule has 0 atom stereocenters. The molecule has 0 radical (unpaired) electrons. The summed E-state index contributed by atoms with van der Waals surface area (Å²) < 4.78 is 40.4. The van der Waals surface area contributed by atoms with Crippen LogP contribution >= 0.6 is 11.6 Å². The average molecular weight is 438 g/mol. The van der Waals surface area contributed by atoms with Crippen LogP contribution in [0.1, 0.15) is 27.0 Å². The highest BCUT2D eigenvalue weighted by Crippen LogP contribution is 2.36. The first-order valence-corrected chi connectivity index (χ1v) is 9.03. The van der Waals surface area contributed by atoms with Crippen molar-refractivity contribution in [3.8, 4) is 6.19 Å². The normalized spacial score (nSPS) is 11.8. The Bertz CT molecular complexity index is 1030. The maximum atomic E-state index is 13.5. The number of amidine groups is 1. The van der Waals surface area contributed by atoms with E-state index in [1.54, 1.807) is 50.3 Å². The number of amides is 1. The molecule has 158 valence electrons. The molecule has 2 aromatic carbocycles. The molecule has 0 saturated carbocycles. The molecule has 30 heavy (non-hydrogen) atoms. The van der Waals surface area contributed by atoms with E-state index < -0.39 is 23.2 Å². The average Bonchev–Trinajstić information content (AvgIpc) is 2.67. The minimum atomic E-state index is -4.76. The van der Waals surface area contributed by atoms with E-state index in [4.69, 9.17) is 16.9 Å². The summed E-state index contributed by atoms with van der Waals surface area (Å²) in [5, 5.41) is 9.60. The lowest BCUT2D eigenvalue weighted by molar-refractivity contribution is -0.137. The van der Waals surface area contributed by atoms with Gasteiger partial charge in [-0.3, -0.25) is 4.79 Å². The summed E-state index contributed by atoms with van der Waals surface area (Å²) in [5.74, 6) is -0.643. The van der Waals surface area contributed by atoms with Crippen LogP contribution in [-0.4, -0.2) is 37.8 Å². The number of nitrogens with zero attached hydrogens (tertiary/aromatic N) is 4. The third-order valence-corrected chi connectivity index (χ3v) is 4.56. The van der Waals surface area contributed by atoms with Crippen LogP contribution in [0.2, 0.25) is 5.02 Å². The lowest BCUT2D eigenvalue weighted by Crippen LogP contribution is -2.42. The van der Waals surface area contributed by atoms with Crippen molar-refractivity contribution in [2.75, 3.05) is 26.2 Å². The summed E-state index contributed by atoms with van der Waals surface area (Å²) in [6, 6.07) is 8.11. The molecule has 6 nitrogen and oxygen atoms in total. The second-order valence-corrected chi connectivity index (χ2v) is 6.86. The van der Waals surface area contributed by atoms with E-state index >= 15 is 0 Å². The summed E-state index contributed by atoms with van der Waals surface area (Å²) in [4.78, 5) is 18.5. The Morgan fingerprint density at radius 1 is 1.23 bits per heavy atom. The van der Waals surface area contributed by atoms with Crippen LogP contribution in [0.4, 0.5) is 18.9 Å². The summed E-state index contributed by atoms with van der Waals surface area (Å²) in [7, 11) is 4.79. The predicted molar refractivity (Wildman–Crippen MR) is 109 cm³/mol. The quantitative estimate of drug-likeness (QED) is 0.336. The van der Waals surface area contributed by atoms with Gasteiger partial charge in [-0.15, -0.1) is 0 Å². The SMILES string of the molecule is CNN(C(=O)c1c(Cl)cccc1C(F)(F)F)c1cc(/C(=N\C#N)N(C)C)ccc1C. The number of anilines is 1. The fourth-order valence-corrected chi connectivity index (χ4v) is 3.14. The number of halogens is 4. The number of carbonyl (C=O) groups is 1. The standard InChI is InChI=1S/C20H19ClF3N5O/c1-12-8-9-13(18(27-11-25)28(3)4)10-16(12)29(26-2)19(30)17-14(20(22,23)24)6-5-7-15(17)21/h5-10,26H,1-4H3/b27-18+. The maximum absolute atomic E-state index is 13.5. The number of rotatable bonds is 4. The van der Waals surface area contributed by atoms with E-state index in [-0.39, 0.29) is 5.02 Å². The van der Waals surface area contributed by atoms with E-state index in [9.17, 15) is 18.0 Å². The molecule has 1 N–H and O–H groups in total. The van der Waals surface area contributed by atoms with E-state index in [0.29, 0.717) is 22.6 Å². The lowest BCUT2D eigenvalue weighted by Gasteiger charge is -2.26. The van der Waals surface area contributed by atoms with Crippen LogP contribution < -0.4 is 10.4 Å². The van der Waals surface area contributed by atoms with Gasteiger partial charge < -0.3 is 4.90 Å². The molecule has 0 fully saturated rings. The number of hydrazine groups is 1. The molecular weight excluding hydrogens is 419 g/mol. The molecule has 0 saturated heterocycles. The van der Waals surface area contributed by atoms with Gasteiger partial charge in [-0.2, -0.15) is 23.4 Å². The summed E-state index contributed by atoms with van der Waals surface area (Å²) in [6.45, 7) is 1.70. The highest BCUT2D eigenvalue weighted by atomic mass is 35.5. The largest absolute Gasteiger partial charge is 0.417 e. The van der Waals surface area contributed by atoms with Gasteiger partial charge in [-0.25, -0.2) is 10.4 Å². The van der Waals surface area contributed by atoms with Gasteiger partial charge >= 0.3 is 6.18 Å². The van der Waals surface area contributed by atoms with E-state index in [1.165, 1.54) is 13.1 Å². The van der Waals surface area contributed by atoms with Gasteiger partial charge in [0, 0.05) is 26.7 Å². The fraction of sp³-hybridized carbons (Fsp3) is 0.250. The van der Waals surface area contributed by atoms with E-state index in [1.807, 2.05) is 0 Å². The molecule has 0 bridgehead atoms. The Hall–Kier alpha value is -3.09. The fourth-order valence-electron chi connectivity index (χ4n) is 2.88. The van der Waals surface area contributed by atoms with E-state index in [0.717, 1.165) is 17.1 Å². The molecule has 0 aliphatic heterocycles. The van der Waals surface area contributed by atoms with Gasteiger partial charge in [0.15, 0.2) is 0 Å². The van der Waals surface area contributed by atoms with Crippen LogP contribution in [0.25, 0.3) is 0 Å². The van der Waals surface area contributed by atoms with Crippen molar-refractivity contribution in [3.05, 3.63) is 63.7 Å². The van der Waals surface area contributed by atoms with Gasteiger partial charge in [-0.05, 0) is 30.7 Å². The van der Waals surface area contributed by atoms with Crippen molar-refractivity contribution in [1.29, 1.82) is 5.26 Å². The molecule has 10 heteroatoms. The highest BCUT2D eigenvalue weighted by Gasteiger charge is 2.38. The topological polar surface area (TPSA) is 71.7 Å². The van der Waals surface area contributed by atoms with Crippen molar-refractivity contribution in [1.82, 2.24) is 10.3 Å². The Labute approximate surface area is 177 Å². The van der Waals surface area contributed by atoms with Gasteiger partial charge in [0.2, 0.25) is 6.19 Å². The monoisotopic (exact) mass is 437 g/mol. The number of nitrogens with one attached hydrogen (secondary N) is 1. The zero-order valence-corrected chi connectivity index (χ0v) is 17.4. The molecule has 1 amide bonds. The van der Waals surface area contributed by atoms with Gasteiger partial charge in [-0.1, -0.05) is 29.8 Å². The van der Waals surface area contributed by atoms with Crippen LogP contribution in [0.3, 0.4) is 0 Å². The van der Waals surface area contributed by atoms with Crippen LogP contribution in [0.5, 0.6) is 0 Å². The summed E-state index contributed by atoms with van der Waals surface area (Å²) in [5.41, 5.74) is 2.24. The zero-order valence-electron chi connectivity index (χ0n) is 16.7. The molecule has 0 aliphatic rings. The van der Waals surface area contributed by atoms with Crippen molar-refractivity contribution < 1.29 is 18.0 Å². The zero-order chi connectivity index (χ0) is 22.6. The molecule has 0 heterocycles. The molecule has 0 spiro atoms. The number of aryl methyl sites for hydroxylation is 1. The van der Waals surface area contributed by atoms with Crippen LogP contribution in [0.15, 0.2) is 41.4 Å².